The summed E-state index contributed by atoms with van der Waals surface area (Å²) in [5.74, 6) is 0. The number of hydrogen-bond acceptors (Lipinski definition) is 4. The molecule has 0 radical (unpaired) electrons. The molecule has 6 heteroatoms. The van der Waals surface area contributed by atoms with E-state index in [-0.39, 0.29) is 17.8 Å². The number of nitrogens with zero attached hydrogens (tertiary/aromatic N) is 1. The van der Waals surface area contributed by atoms with Crippen LogP contribution in [-0.2, 0) is 6.54 Å². The maximum Gasteiger partial charge on any atom is 0.273 e. The molecule has 110 valence electrons. The first-order valence-electron chi connectivity index (χ1n) is 6.92. The normalized spacial score (nSPS) is 23.3. The van der Waals surface area contributed by atoms with Crippen molar-refractivity contribution >= 4 is 17.3 Å². The first-order valence-corrected chi connectivity index (χ1v) is 7.30. The van der Waals surface area contributed by atoms with E-state index in [1.54, 1.807) is 6.07 Å². The fraction of sp³-hybridized carbons (Fsp3) is 0.571. The molecule has 0 amide bonds. The van der Waals surface area contributed by atoms with Gasteiger partial charge in [-0.2, -0.15) is 0 Å². The number of aliphatic hydroxyl groups excluding tert-OH is 1. The molecule has 0 saturated heterocycles. The first kappa shape index (κ1) is 15.2. The van der Waals surface area contributed by atoms with E-state index in [1.165, 1.54) is 12.1 Å². The fourth-order valence-corrected chi connectivity index (χ4v) is 2.84. The van der Waals surface area contributed by atoms with E-state index in [9.17, 15) is 15.2 Å². The molecule has 0 heterocycles. The summed E-state index contributed by atoms with van der Waals surface area (Å²) in [6, 6.07) is 4.54. The van der Waals surface area contributed by atoms with Crippen LogP contribution in [0.3, 0.4) is 0 Å². The average Bonchev–Trinajstić information content (AvgIpc) is 2.61. The molecule has 2 N–H and O–H groups in total. The number of hydrogen-bond donors (Lipinski definition) is 2. The fourth-order valence-electron chi connectivity index (χ4n) is 2.64. The zero-order chi connectivity index (χ0) is 14.5. The number of nitro groups is 1. The molecule has 20 heavy (non-hydrogen) atoms. The molecule has 1 saturated carbocycles. The standard InChI is InChI=1S/C14H19ClN2O3/c15-11-6-7-13(17(19)20)10(8-11)9-16-12-4-2-1-3-5-14(12)18/h6-8,12,14,16,18H,1-5,9H2. The number of nitro benzene ring substituents is 1. The van der Waals surface area contributed by atoms with Crippen molar-refractivity contribution in [3.05, 3.63) is 38.9 Å². The Morgan fingerprint density at radius 3 is 2.85 bits per heavy atom. The third-order valence-electron chi connectivity index (χ3n) is 3.77. The molecular formula is C14H19ClN2O3. The van der Waals surface area contributed by atoms with Crippen LogP contribution in [0.1, 0.15) is 37.7 Å². The summed E-state index contributed by atoms with van der Waals surface area (Å²) in [5, 5.41) is 24.7. The van der Waals surface area contributed by atoms with E-state index >= 15 is 0 Å². The van der Waals surface area contributed by atoms with Crippen molar-refractivity contribution in [3.8, 4) is 0 Å². The van der Waals surface area contributed by atoms with Crippen LogP contribution in [-0.4, -0.2) is 22.2 Å². The van der Waals surface area contributed by atoms with Crippen molar-refractivity contribution in [1.29, 1.82) is 0 Å². The van der Waals surface area contributed by atoms with Crippen LogP contribution in [0.15, 0.2) is 18.2 Å². The van der Waals surface area contributed by atoms with Crippen molar-refractivity contribution < 1.29 is 10.0 Å². The van der Waals surface area contributed by atoms with Crippen molar-refractivity contribution in [1.82, 2.24) is 5.32 Å². The molecule has 2 unspecified atom stereocenters. The molecule has 1 aliphatic carbocycles. The molecule has 1 aliphatic rings. The van der Waals surface area contributed by atoms with Gasteiger partial charge in [0.2, 0.25) is 0 Å². The lowest BCUT2D eigenvalue weighted by molar-refractivity contribution is -0.385. The second-order valence-corrected chi connectivity index (χ2v) is 5.66. The van der Waals surface area contributed by atoms with Gasteiger partial charge in [0.05, 0.1) is 11.0 Å². The minimum Gasteiger partial charge on any atom is -0.392 e. The van der Waals surface area contributed by atoms with Crippen molar-refractivity contribution in [3.63, 3.8) is 0 Å². The smallest absolute Gasteiger partial charge is 0.273 e. The van der Waals surface area contributed by atoms with E-state index in [0.29, 0.717) is 17.1 Å². The topological polar surface area (TPSA) is 75.4 Å². The Hall–Kier alpha value is -1.17. The molecule has 1 aromatic carbocycles. The third-order valence-corrected chi connectivity index (χ3v) is 4.01. The average molecular weight is 299 g/mol. The van der Waals surface area contributed by atoms with Gasteiger partial charge in [-0.15, -0.1) is 0 Å². The molecule has 0 spiro atoms. The summed E-state index contributed by atoms with van der Waals surface area (Å²) in [7, 11) is 0. The zero-order valence-corrected chi connectivity index (χ0v) is 12.0. The van der Waals surface area contributed by atoms with E-state index < -0.39 is 4.92 Å². The summed E-state index contributed by atoms with van der Waals surface area (Å²) in [6.45, 7) is 0.346. The van der Waals surface area contributed by atoms with Crippen LogP contribution >= 0.6 is 11.6 Å². The number of aliphatic hydroxyl groups is 1. The van der Waals surface area contributed by atoms with Gasteiger partial charge in [-0.3, -0.25) is 10.1 Å². The lowest BCUT2D eigenvalue weighted by atomic mass is 10.1. The maximum atomic E-state index is 11.0. The van der Waals surface area contributed by atoms with Crippen LogP contribution in [0.2, 0.25) is 5.02 Å². The van der Waals surface area contributed by atoms with Crippen LogP contribution < -0.4 is 5.32 Å². The number of halogens is 1. The van der Waals surface area contributed by atoms with Gasteiger partial charge in [0.1, 0.15) is 0 Å². The molecule has 1 aromatic rings. The Bertz CT molecular complexity index is 481. The summed E-state index contributed by atoms with van der Waals surface area (Å²) >= 11 is 5.90. The van der Waals surface area contributed by atoms with Crippen LogP contribution in [0.5, 0.6) is 0 Å². The zero-order valence-electron chi connectivity index (χ0n) is 11.2. The molecule has 5 nitrogen and oxygen atoms in total. The third kappa shape index (κ3) is 3.91. The highest BCUT2D eigenvalue weighted by atomic mass is 35.5. The maximum absolute atomic E-state index is 11.0. The molecule has 0 aromatic heterocycles. The Balaban J connectivity index is 2.05. The molecular weight excluding hydrogens is 280 g/mol. The van der Waals surface area contributed by atoms with E-state index in [2.05, 4.69) is 5.32 Å². The lowest BCUT2D eigenvalue weighted by Gasteiger charge is -2.21. The Morgan fingerprint density at radius 1 is 1.35 bits per heavy atom. The Kier molecular flexibility index (Phi) is 5.34. The highest BCUT2D eigenvalue weighted by Gasteiger charge is 2.22. The summed E-state index contributed by atoms with van der Waals surface area (Å²) in [4.78, 5) is 10.6. The van der Waals surface area contributed by atoms with Gasteiger partial charge in [0.25, 0.3) is 5.69 Å². The summed E-state index contributed by atoms with van der Waals surface area (Å²) in [5.41, 5.74) is 0.615. The predicted molar refractivity (Wildman–Crippen MR) is 77.8 cm³/mol. The molecule has 2 atom stereocenters. The second-order valence-electron chi connectivity index (χ2n) is 5.22. The molecule has 1 fully saturated rings. The minimum atomic E-state index is -0.406. The van der Waals surface area contributed by atoms with Gasteiger partial charge in [-0.1, -0.05) is 30.9 Å². The van der Waals surface area contributed by atoms with Gasteiger partial charge in [-0.25, -0.2) is 0 Å². The summed E-state index contributed by atoms with van der Waals surface area (Å²) < 4.78 is 0. The predicted octanol–water partition coefficient (Wildman–Crippen LogP) is 3.03. The first-order chi connectivity index (χ1) is 9.58. The van der Waals surface area contributed by atoms with Crippen LogP contribution in [0.25, 0.3) is 0 Å². The minimum absolute atomic E-state index is 0.00362. The van der Waals surface area contributed by atoms with Crippen LogP contribution in [0.4, 0.5) is 5.69 Å². The van der Waals surface area contributed by atoms with Crippen molar-refractivity contribution in [2.45, 2.75) is 50.8 Å². The van der Waals surface area contributed by atoms with Gasteiger partial charge in [0.15, 0.2) is 0 Å². The van der Waals surface area contributed by atoms with Crippen molar-refractivity contribution in [2.75, 3.05) is 0 Å². The molecule has 2 rings (SSSR count). The molecule has 0 aliphatic heterocycles. The highest BCUT2D eigenvalue weighted by Crippen LogP contribution is 2.24. The van der Waals surface area contributed by atoms with Gasteiger partial charge in [0, 0.05) is 29.2 Å². The van der Waals surface area contributed by atoms with E-state index in [0.717, 1.165) is 32.1 Å². The van der Waals surface area contributed by atoms with Gasteiger partial charge < -0.3 is 10.4 Å². The molecule has 0 bridgehead atoms. The van der Waals surface area contributed by atoms with Crippen LogP contribution in [0, 0.1) is 10.1 Å². The Labute approximate surface area is 123 Å². The SMILES string of the molecule is O=[N+]([O-])c1ccc(Cl)cc1CNC1CCCCCC1O. The number of rotatable bonds is 4. The monoisotopic (exact) mass is 298 g/mol. The second kappa shape index (κ2) is 7.02. The lowest BCUT2D eigenvalue weighted by Crippen LogP contribution is -2.38. The van der Waals surface area contributed by atoms with Gasteiger partial charge >= 0.3 is 0 Å². The quantitative estimate of drug-likeness (QED) is 0.509. The van der Waals surface area contributed by atoms with Crippen molar-refractivity contribution in [2.24, 2.45) is 0 Å². The Morgan fingerprint density at radius 2 is 2.10 bits per heavy atom. The number of benzene rings is 1. The highest BCUT2D eigenvalue weighted by molar-refractivity contribution is 6.30. The number of nitrogens with one attached hydrogen (secondary N) is 1. The van der Waals surface area contributed by atoms with Gasteiger partial charge in [-0.05, 0) is 25.0 Å². The van der Waals surface area contributed by atoms with E-state index in [1.807, 2.05) is 0 Å². The summed E-state index contributed by atoms with van der Waals surface area (Å²) in [6.07, 6.45) is 4.55. The largest absolute Gasteiger partial charge is 0.392 e. The van der Waals surface area contributed by atoms with E-state index in [4.69, 9.17) is 11.6 Å².